The SMILES string of the molecule is CC(C)(N)Cc1ccc(B(O)O)c(Cl)c1. The van der Waals surface area contributed by atoms with Crippen molar-refractivity contribution in [2.45, 2.75) is 25.8 Å². The Morgan fingerprint density at radius 3 is 2.40 bits per heavy atom. The molecule has 1 rings (SSSR count). The van der Waals surface area contributed by atoms with Gasteiger partial charge in [-0.15, -0.1) is 0 Å². The van der Waals surface area contributed by atoms with E-state index in [4.69, 9.17) is 27.4 Å². The molecule has 0 saturated heterocycles. The minimum atomic E-state index is -1.53. The quantitative estimate of drug-likeness (QED) is 0.651. The first-order valence-electron chi connectivity index (χ1n) is 4.73. The third kappa shape index (κ3) is 3.84. The first-order chi connectivity index (χ1) is 6.79. The molecule has 15 heavy (non-hydrogen) atoms. The maximum absolute atomic E-state index is 8.97. The minimum absolute atomic E-state index is 0.303. The molecule has 0 heterocycles. The number of halogens is 1. The van der Waals surface area contributed by atoms with Crippen molar-refractivity contribution in [1.29, 1.82) is 0 Å². The van der Waals surface area contributed by atoms with Crippen molar-refractivity contribution in [2.75, 3.05) is 0 Å². The number of nitrogens with two attached hydrogens (primary N) is 1. The van der Waals surface area contributed by atoms with Crippen LogP contribution in [0, 0.1) is 0 Å². The van der Waals surface area contributed by atoms with Gasteiger partial charge in [0.05, 0.1) is 0 Å². The second-order valence-electron chi connectivity index (χ2n) is 4.39. The molecule has 0 saturated carbocycles. The van der Waals surface area contributed by atoms with E-state index in [1.165, 1.54) is 0 Å². The second-order valence-corrected chi connectivity index (χ2v) is 4.80. The van der Waals surface area contributed by atoms with E-state index in [0.717, 1.165) is 5.56 Å². The highest BCUT2D eigenvalue weighted by Gasteiger charge is 2.17. The molecule has 1 aromatic carbocycles. The van der Waals surface area contributed by atoms with Crippen LogP contribution in [0.3, 0.4) is 0 Å². The average Bonchev–Trinajstić information content (AvgIpc) is 1.99. The molecule has 0 bridgehead atoms. The van der Waals surface area contributed by atoms with Crippen molar-refractivity contribution >= 4 is 24.2 Å². The molecule has 0 atom stereocenters. The molecular formula is C10H15BClNO2. The third-order valence-electron chi connectivity index (χ3n) is 2.00. The Morgan fingerprint density at radius 2 is 2.00 bits per heavy atom. The van der Waals surface area contributed by atoms with E-state index >= 15 is 0 Å². The molecule has 82 valence electrons. The van der Waals surface area contributed by atoms with Crippen LogP contribution in [-0.4, -0.2) is 22.7 Å². The molecule has 0 unspecified atom stereocenters. The largest absolute Gasteiger partial charge is 0.489 e. The molecule has 0 aliphatic carbocycles. The fourth-order valence-corrected chi connectivity index (χ4v) is 1.72. The summed E-state index contributed by atoms with van der Waals surface area (Å²) in [6, 6.07) is 5.12. The summed E-state index contributed by atoms with van der Waals surface area (Å²) in [4.78, 5) is 0. The Morgan fingerprint density at radius 1 is 1.40 bits per heavy atom. The normalized spacial score (nSPS) is 11.6. The van der Waals surface area contributed by atoms with Gasteiger partial charge in [0.15, 0.2) is 0 Å². The number of benzene rings is 1. The van der Waals surface area contributed by atoms with Gasteiger partial charge in [-0.1, -0.05) is 23.7 Å². The zero-order valence-corrected chi connectivity index (χ0v) is 9.62. The van der Waals surface area contributed by atoms with Crippen molar-refractivity contribution in [3.63, 3.8) is 0 Å². The molecule has 0 aliphatic heterocycles. The monoisotopic (exact) mass is 227 g/mol. The topological polar surface area (TPSA) is 66.5 Å². The van der Waals surface area contributed by atoms with Crippen LogP contribution in [0.2, 0.25) is 5.02 Å². The lowest BCUT2D eigenvalue weighted by Crippen LogP contribution is -2.35. The minimum Gasteiger partial charge on any atom is -0.423 e. The Kier molecular flexibility index (Phi) is 3.79. The van der Waals surface area contributed by atoms with E-state index in [1.807, 2.05) is 13.8 Å². The Labute approximate surface area is 95.0 Å². The van der Waals surface area contributed by atoms with Gasteiger partial charge in [0.2, 0.25) is 0 Å². The highest BCUT2D eigenvalue weighted by atomic mass is 35.5. The fourth-order valence-electron chi connectivity index (χ4n) is 1.42. The molecule has 1 aromatic rings. The zero-order chi connectivity index (χ0) is 11.6. The lowest BCUT2D eigenvalue weighted by Gasteiger charge is -2.18. The van der Waals surface area contributed by atoms with Crippen molar-refractivity contribution in [3.05, 3.63) is 28.8 Å². The molecule has 0 fully saturated rings. The Bertz CT molecular complexity index is 350. The molecule has 0 aromatic heterocycles. The molecule has 5 heteroatoms. The molecule has 0 aliphatic rings. The predicted octanol–water partition coefficient (Wildman–Crippen LogP) is 0.300. The van der Waals surface area contributed by atoms with Crippen LogP contribution in [0.1, 0.15) is 19.4 Å². The summed E-state index contributed by atoms with van der Waals surface area (Å²) in [5.41, 5.74) is 6.87. The van der Waals surface area contributed by atoms with Crippen LogP contribution in [0.25, 0.3) is 0 Å². The van der Waals surface area contributed by atoms with Gasteiger partial charge < -0.3 is 15.8 Å². The van der Waals surface area contributed by atoms with Crippen molar-refractivity contribution in [3.8, 4) is 0 Å². The molecule has 4 N–H and O–H groups in total. The maximum atomic E-state index is 8.97. The summed E-state index contributed by atoms with van der Waals surface area (Å²) < 4.78 is 0. The summed E-state index contributed by atoms with van der Waals surface area (Å²) in [5.74, 6) is 0. The van der Waals surface area contributed by atoms with Gasteiger partial charge in [-0.25, -0.2) is 0 Å². The van der Waals surface area contributed by atoms with Gasteiger partial charge in [0, 0.05) is 16.0 Å². The molecule has 0 amide bonds. The Balaban J connectivity index is 2.92. The van der Waals surface area contributed by atoms with Crippen LogP contribution in [-0.2, 0) is 6.42 Å². The van der Waals surface area contributed by atoms with Crippen molar-refractivity contribution in [1.82, 2.24) is 0 Å². The third-order valence-corrected chi connectivity index (χ3v) is 2.33. The summed E-state index contributed by atoms with van der Waals surface area (Å²) in [6.45, 7) is 3.85. The predicted molar refractivity (Wildman–Crippen MR) is 63.2 cm³/mol. The molecule has 3 nitrogen and oxygen atoms in total. The summed E-state index contributed by atoms with van der Waals surface area (Å²) in [7, 11) is -1.53. The van der Waals surface area contributed by atoms with Gasteiger partial charge in [0.25, 0.3) is 0 Å². The van der Waals surface area contributed by atoms with Gasteiger partial charge in [-0.3, -0.25) is 0 Å². The lowest BCUT2D eigenvalue weighted by molar-refractivity contribution is 0.426. The van der Waals surface area contributed by atoms with Crippen LogP contribution >= 0.6 is 11.6 Å². The summed E-state index contributed by atoms with van der Waals surface area (Å²) in [5, 5.41) is 18.3. The summed E-state index contributed by atoms with van der Waals surface area (Å²) in [6.07, 6.45) is 0.689. The molecule has 0 spiro atoms. The van der Waals surface area contributed by atoms with Crippen molar-refractivity contribution < 1.29 is 10.0 Å². The number of hydrogen-bond donors (Lipinski definition) is 3. The number of rotatable bonds is 3. The van der Waals surface area contributed by atoms with Gasteiger partial charge >= 0.3 is 7.12 Å². The van der Waals surface area contributed by atoms with E-state index in [1.54, 1.807) is 18.2 Å². The standard InChI is InChI=1S/C10H15BClNO2/c1-10(2,13)6-7-3-4-8(11(14)15)9(12)5-7/h3-5,14-15H,6,13H2,1-2H3. The van der Waals surface area contributed by atoms with Crippen LogP contribution in [0.4, 0.5) is 0 Å². The Hall–Kier alpha value is -0.545. The van der Waals surface area contributed by atoms with Crippen molar-refractivity contribution in [2.24, 2.45) is 5.73 Å². The highest BCUT2D eigenvalue weighted by Crippen LogP contribution is 2.14. The van der Waals surface area contributed by atoms with Crippen LogP contribution in [0.15, 0.2) is 18.2 Å². The maximum Gasteiger partial charge on any atom is 0.489 e. The summed E-state index contributed by atoms with van der Waals surface area (Å²) >= 11 is 5.89. The van der Waals surface area contributed by atoms with E-state index in [2.05, 4.69) is 0 Å². The fraction of sp³-hybridized carbons (Fsp3) is 0.400. The number of hydrogen-bond acceptors (Lipinski definition) is 3. The lowest BCUT2D eigenvalue weighted by atomic mass is 9.79. The van der Waals surface area contributed by atoms with Gasteiger partial charge in [-0.05, 0) is 31.9 Å². The van der Waals surface area contributed by atoms with E-state index in [-0.39, 0.29) is 5.54 Å². The zero-order valence-electron chi connectivity index (χ0n) is 8.87. The van der Waals surface area contributed by atoms with Gasteiger partial charge in [0.1, 0.15) is 0 Å². The second kappa shape index (κ2) is 4.53. The molecule has 0 radical (unpaired) electrons. The van der Waals surface area contributed by atoms with Crippen LogP contribution in [0.5, 0.6) is 0 Å². The molecular weight excluding hydrogens is 212 g/mol. The smallest absolute Gasteiger partial charge is 0.423 e. The average molecular weight is 228 g/mol. The van der Waals surface area contributed by atoms with E-state index < -0.39 is 7.12 Å². The first kappa shape index (κ1) is 12.5. The first-order valence-corrected chi connectivity index (χ1v) is 5.11. The van der Waals surface area contributed by atoms with E-state index in [0.29, 0.717) is 16.9 Å². The van der Waals surface area contributed by atoms with Crippen LogP contribution < -0.4 is 11.2 Å². The van der Waals surface area contributed by atoms with E-state index in [9.17, 15) is 0 Å². The van der Waals surface area contributed by atoms with Gasteiger partial charge in [-0.2, -0.15) is 0 Å². The highest BCUT2D eigenvalue weighted by molar-refractivity contribution is 6.62.